The summed E-state index contributed by atoms with van der Waals surface area (Å²) >= 11 is 12.6. The van der Waals surface area contributed by atoms with E-state index >= 15 is 0 Å². The van der Waals surface area contributed by atoms with Crippen molar-refractivity contribution in [2.24, 2.45) is 0 Å². The van der Waals surface area contributed by atoms with Crippen LogP contribution >= 0.6 is 23.2 Å². The molecular formula is C19H18Cl2N4. The molecule has 0 fully saturated rings. The molecule has 0 radical (unpaired) electrons. The molecular weight excluding hydrogens is 355 g/mol. The number of benzene rings is 2. The summed E-state index contributed by atoms with van der Waals surface area (Å²) in [6.45, 7) is 0.897. The van der Waals surface area contributed by atoms with Gasteiger partial charge in [-0.15, -0.1) is 0 Å². The Kier molecular flexibility index (Phi) is 4.10. The highest BCUT2D eigenvalue weighted by Gasteiger charge is 2.24. The average molecular weight is 373 g/mol. The van der Waals surface area contributed by atoms with Gasteiger partial charge in [-0.3, -0.25) is 0 Å². The second kappa shape index (κ2) is 6.28. The van der Waals surface area contributed by atoms with Crippen molar-refractivity contribution in [2.45, 2.75) is 6.42 Å². The Labute approximate surface area is 157 Å². The maximum Gasteiger partial charge on any atom is 0.133 e. The van der Waals surface area contributed by atoms with E-state index in [1.54, 1.807) is 12.1 Å². The maximum atomic E-state index is 6.39. The van der Waals surface area contributed by atoms with E-state index in [9.17, 15) is 0 Å². The van der Waals surface area contributed by atoms with Crippen molar-refractivity contribution in [3.63, 3.8) is 0 Å². The average Bonchev–Trinajstić information content (AvgIpc) is 3.20. The van der Waals surface area contributed by atoms with Crippen LogP contribution in [-0.4, -0.2) is 30.4 Å². The molecule has 4 rings (SSSR count). The molecule has 6 heteroatoms. The highest BCUT2D eigenvalue weighted by molar-refractivity contribution is 6.34. The van der Waals surface area contributed by atoms with Crippen molar-refractivity contribution in [3.05, 3.63) is 58.1 Å². The smallest absolute Gasteiger partial charge is 0.133 e. The molecule has 1 N–H and O–H groups in total. The van der Waals surface area contributed by atoms with E-state index in [2.05, 4.69) is 34.5 Å². The van der Waals surface area contributed by atoms with Crippen LogP contribution < -0.4 is 10.2 Å². The summed E-state index contributed by atoms with van der Waals surface area (Å²) < 4.78 is 1.87. The molecule has 2 heterocycles. The van der Waals surface area contributed by atoms with Gasteiger partial charge in [0.2, 0.25) is 0 Å². The summed E-state index contributed by atoms with van der Waals surface area (Å²) in [6.07, 6.45) is 0.943. The molecule has 0 bridgehead atoms. The maximum absolute atomic E-state index is 6.39. The Balaban J connectivity index is 1.84. The van der Waals surface area contributed by atoms with Crippen molar-refractivity contribution < 1.29 is 0 Å². The minimum absolute atomic E-state index is 0.623. The SMILES string of the molecule is CN(C)c1ccc(-c2nn(-c3cc(Cl)ccc3Cl)c3c2CCN3)cc1. The van der Waals surface area contributed by atoms with Gasteiger partial charge in [-0.2, -0.15) is 5.10 Å². The van der Waals surface area contributed by atoms with Gasteiger partial charge >= 0.3 is 0 Å². The van der Waals surface area contributed by atoms with E-state index in [1.807, 2.05) is 24.8 Å². The first-order chi connectivity index (χ1) is 12.0. The lowest BCUT2D eigenvalue weighted by molar-refractivity contribution is 0.882. The summed E-state index contributed by atoms with van der Waals surface area (Å²) in [4.78, 5) is 2.08. The predicted molar refractivity (Wildman–Crippen MR) is 106 cm³/mol. The predicted octanol–water partition coefficient (Wildman–Crippen LogP) is 4.88. The lowest BCUT2D eigenvalue weighted by atomic mass is 10.1. The van der Waals surface area contributed by atoms with Gasteiger partial charge in [0.1, 0.15) is 5.82 Å². The molecule has 25 heavy (non-hydrogen) atoms. The number of halogens is 2. The quantitative estimate of drug-likeness (QED) is 0.710. The van der Waals surface area contributed by atoms with Crippen LogP contribution in [0.3, 0.4) is 0 Å². The lowest BCUT2D eigenvalue weighted by Gasteiger charge is -2.12. The lowest BCUT2D eigenvalue weighted by Crippen LogP contribution is -2.08. The Hall–Kier alpha value is -2.17. The van der Waals surface area contributed by atoms with Crippen molar-refractivity contribution in [2.75, 3.05) is 30.9 Å². The van der Waals surface area contributed by atoms with Crippen LogP contribution in [0.4, 0.5) is 11.5 Å². The molecule has 1 aromatic heterocycles. The summed E-state index contributed by atoms with van der Waals surface area (Å²) in [5.74, 6) is 0.996. The molecule has 0 amide bonds. The molecule has 1 aliphatic heterocycles. The van der Waals surface area contributed by atoms with E-state index < -0.39 is 0 Å². The van der Waals surface area contributed by atoms with Gasteiger partial charge in [-0.05, 0) is 36.8 Å². The summed E-state index contributed by atoms with van der Waals surface area (Å²) in [7, 11) is 4.07. The third-order valence-electron chi connectivity index (χ3n) is 4.44. The number of nitrogens with zero attached hydrogens (tertiary/aromatic N) is 3. The van der Waals surface area contributed by atoms with Gasteiger partial charge in [-0.25, -0.2) is 4.68 Å². The number of aromatic nitrogens is 2. The fraction of sp³-hybridized carbons (Fsp3) is 0.211. The standard InChI is InChI=1S/C19H18Cl2N4/c1-24(2)14-6-3-12(4-7-14)18-15-9-10-22-19(15)25(23-18)17-11-13(20)5-8-16(17)21/h3-8,11,22H,9-10H2,1-2H3. The zero-order chi connectivity index (χ0) is 17.6. The van der Waals surface area contributed by atoms with Crippen LogP contribution in [0.15, 0.2) is 42.5 Å². The fourth-order valence-corrected chi connectivity index (χ4v) is 3.51. The topological polar surface area (TPSA) is 33.1 Å². The van der Waals surface area contributed by atoms with Crippen LogP contribution in [-0.2, 0) is 6.42 Å². The van der Waals surface area contributed by atoms with E-state index in [0.29, 0.717) is 10.0 Å². The van der Waals surface area contributed by atoms with Gasteiger partial charge < -0.3 is 10.2 Å². The molecule has 0 unspecified atom stereocenters. The third kappa shape index (κ3) is 2.86. The Morgan fingerprint density at radius 2 is 1.84 bits per heavy atom. The van der Waals surface area contributed by atoms with Crippen LogP contribution in [0.1, 0.15) is 5.56 Å². The molecule has 128 valence electrons. The largest absolute Gasteiger partial charge is 0.378 e. The number of nitrogens with one attached hydrogen (secondary N) is 1. The molecule has 0 atom stereocenters. The highest BCUT2D eigenvalue weighted by Crippen LogP contribution is 2.37. The van der Waals surface area contributed by atoms with Crippen LogP contribution in [0.2, 0.25) is 10.0 Å². The number of hydrogen-bond donors (Lipinski definition) is 1. The minimum atomic E-state index is 0.623. The van der Waals surface area contributed by atoms with Gasteiger partial charge in [0.25, 0.3) is 0 Å². The molecule has 1 aliphatic rings. The summed E-state index contributed by atoms with van der Waals surface area (Å²) in [5, 5.41) is 9.53. The Bertz CT molecular complexity index is 929. The summed E-state index contributed by atoms with van der Waals surface area (Å²) in [6, 6.07) is 13.9. The second-order valence-corrected chi connectivity index (χ2v) is 7.15. The first-order valence-corrected chi connectivity index (χ1v) is 8.89. The van der Waals surface area contributed by atoms with E-state index in [4.69, 9.17) is 28.3 Å². The molecule has 0 aliphatic carbocycles. The number of rotatable bonds is 3. The van der Waals surface area contributed by atoms with Gasteiger partial charge in [-0.1, -0.05) is 35.3 Å². The highest BCUT2D eigenvalue weighted by atomic mass is 35.5. The number of fused-ring (bicyclic) bond motifs is 1. The second-order valence-electron chi connectivity index (χ2n) is 6.30. The molecule has 3 aromatic rings. The zero-order valence-corrected chi connectivity index (χ0v) is 15.6. The van der Waals surface area contributed by atoms with Crippen molar-refractivity contribution >= 4 is 34.7 Å². The minimum Gasteiger partial charge on any atom is -0.378 e. The van der Waals surface area contributed by atoms with Crippen molar-refractivity contribution in [3.8, 4) is 16.9 Å². The van der Waals surface area contributed by atoms with Crippen LogP contribution in [0, 0.1) is 0 Å². The number of anilines is 2. The van der Waals surface area contributed by atoms with Crippen LogP contribution in [0.25, 0.3) is 16.9 Å². The van der Waals surface area contributed by atoms with Gasteiger partial charge in [0.05, 0.1) is 16.4 Å². The zero-order valence-electron chi connectivity index (χ0n) is 14.1. The van der Waals surface area contributed by atoms with Crippen LogP contribution in [0.5, 0.6) is 0 Å². The van der Waals surface area contributed by atoms with E-state index in [-0.39, 0.29) is 0 Å². The van der Waals surface area contributed by atoms with E-state index in [0.717, 1.165) is 41.4 Å². The summed E-state index contributed by atoms with van der Waals surface area (Å²) in [5.41, 5.74) is 5.25. The molecule has 2 aromatic carbocycles. The fourth-order valence-electron chi connectivity index (χ4n) is 3.15. The van der Waals surface area contributed by atoms with Crippen molar-refractivity contribution in [1.82, 2.24) is 9.78 Å². The molecule has 0 saturated carbocycles. The number of hydrogen-bond acceptors (Lipinski definition) is 3. The van der Waals surface area contributed by atoms with Crippen molar-refractivity contribution in [1.29, 1.82) is 0 Å². The third-order valence-corrected chi connectivity index (χ3v) is 5.00. The van der Waals surface area contributed by atoms with Gasteiger partial charge in [0.15, 0.2) is 0 Å². The monoisotopic (exact) mass is 372 g/mol. The Morgan fingerprint density at radius 3 is 2.56 bits per heavy atom. The normalized spacial score (nSPS) is 12.8. The molecule has 0 spiro atoms. The molecule has 0 saturated heterocycles. The van der Waals surface area contributed by atoms with Gasteiger partial charge in [0, 0.05) is 42.5 Å². The first-order valence-electron chi connectivity index (χ1n) is 8.13. The molecule has 4 nitrogen and oxygen atoms in total. The Morgan fingerprint density at radius 1 is 1.08 bits per heavy atom. The van der Waals surface area contributed by atoms with E-state index in [1.165, 1.54) is 5.56 Å². The first kappa shape index (κ1) is 16.3.